The molecule has 0 heterocycles. The monoisotopic (exact) mass is 228 g/mol. The van der Waals surface area contributed by atoms with E-state index in [-0.39, 0.29) is 0 Å². The van der Waals surface area contributed by atoms with Crippen LogP contribution in [0.25, 0.3) is 0 Å². The van der Waals surface area contributed by atoms with Crippen LogP contribution in [-0.4, -0.2) is 0 Å². The number of nitrogens with zero attached hydrogens (tertiary/aromatic N) is 2. The van der Waals surface area contributed by atoms with Gasteiger partial charge in [0.05, 0.1) is 24.0 Å². The number of nitriles is 2. The molecule has 4 bridgehead atoms. The van der Waals surface area contributed by atoms with E-state index in [1.807, 2.05) is 6.92 Å². The lowest BCUT2D eigenvalue weighted by Crippen LogP contribution is -2.50. The second-order valence-corrected chi connectivity index (χ2v) is 6.82. The summed E-state index contributed by atoms with van der Waals surface area (Å²) in [5, 5.41) is 18.5. The summed E-state index contributed by atoms with van der Waals surface area (Å²) in [6.45, 7) is 2.03. The van der Waals surface area contributed by atoms with Crippen LogP contribution in [0.5, 0.6) is 0 Å². The minimum atomic E-state index is -0.392. The van der Waals surface area contributed by atoms with E-state index in [4.69, 9.17) is 5.26 Å². The normalized spacial score (nSPS) is 45.9. The van der Waals surface area contributed by atoms with E-state index >= 15 is 0 Å². The minimum absolute atomic E-state index is 0.392. The van der Waals surface area contributed by atoms with Gasteiger partial charge in [-0.15, -0.1) is 0 Å². The molecular weight excluding hydrogens is 208 g/mol. The number of hydrogen-bond acceptors (Lipinski definition) is 2. The van der Waals surface area contributed by atoms with Crippen molar-refractivity contribution >= 4 is 0 Å². The van der Waals surface area contributed by atoms with Crippen LogP contribution < -0.4 is 0 Å². The highest BCUT2D eigenvalue weighted by Crippen LogP contribution is 2.61. The lowest BCUT2D eigenvalue weighted by atomic mass is 9.47. The fourth-order valence-electron chi connectivity index (χ4n) is 5.36. The lowest BCUT2D eigenvalue weighted by molar-refractivity contribution is -0.0746. The molecule has 0 saturated heterocycles. The first kappa shape index (κ1) is 11.1. The van der Waals surface area contributed by atoms with E-state index in [1.54, 1.807) is 0 Å². The Labute approximate surface area is 104 Å². The molecule has 17 heavy (non-hydrogen) atoms. The molecular formula is C15H20N2. The molecule has 2 nitrogen and oxygen atoms in total. The van der Waals surface area contributed by atoms with Gasteiger partial charge in [-0.2, -0.15) is 10.5 Å². The topological polar surface area (TPSA) is 47.6 Å². The molecule has 0 amide bonds. The van der Waals surface area contributed by atoms with E-state index in [1.165, 1.54) is 32.1 Å². The van der Waals surface area contributed by atoms with Gasteiger partial charge in [0, 0.05) is 0 Å². The van der Waals surface area contributed by atoms with Crippen molar-refractivity contribution in [2.75, 3.05) is 0 Å². The zero-order valence-corrected chi connectivity index (χ0v) is 10.5. The maximum atomic E-state index is 9.50. The quantitative estimate of drug-likeness (QED) is 0.726. The molecule has 0 aromatic heterocycles. The zero-order chi connectivity index (χ0) is 12.0. The first-order chi connectivity index (χ1) is 8.16. The predicted molar refractivity (Wildman–Crippen MR) is 64.5 cm³/mol. The SMILES string of the molecule is CC(C#N)(CC#N)C1C2CC3CC(C2)CC1C3. The van der Waals surface area contributed by atoms with Gasteiger partial charge in [0.25, 0.3) is 0 Å². The molecule has 0 aromatic rings. The third-order valence-electron chi connectivity index (χ3n) is 5.66. The predicted octanol–water partition coefficient (Wildman–Crippen LogP) is 3.50. The van der Waals surface area contributed by atoms with Crippen LogP contribution in [0.4, 0.5) is 0 Å². The maximum absolute atomic E-state index is 9.50. The summed E-state index contributed by atoms with van der Waals surface area (Å²) < 4.78 is 0. The van der Waals surface area contributed by atoms with Crippen LogP contribution in [0.3, 0.4) is 0 Å². The zero-order valence-electron chi connectivity index (χ0n) is 10.5. The highest BCUT2D eigenvalue weighted by molar-refractivity contribution is 5.12. The number of rotatable bonds is 2. The van der Waals surface area contributed by atoms with Crippen LogP contribution in [0.1, 0.15) is 45.4 Å². The van der Waals surface area contributed by atoms with Gasteiger partial charge < -0.3 is 0 Å². The van der Waals surface area contributed by atoms with Gasteiger partial charge >= 0.3 is 0 Å². The van der Waals surface area contributed by atoms with Crippen molar-refractivity contribution in [2.24, 2.45) is 35.0 Å². The lowest BCUT2D eigenvalue weighted by Gasteiger charge is -2.57. The summed E-state index contributed by atoms with van der Waals surface area (Å²) in [7, 11) is 0. The Morgan fingerprint density at radius 2 is 1.53 bits per heavy atom. The molecule has 1 unspecified atom stereocenters. The maximum Gasteiger partial charge on any atom is 0.0709 e. The van der Waals surface area contributed by atoms with Crippen LogP contribution in [0.15, 0.2) is 0 Å². The summed E-state index contributed by atoms with van der Waals surface area (Å²) in [5.74, 6) is 3.87. The fraction of sp³-hybridized carbons (Fsp3) is 0.867. The third kappa shape index (κ3) is 1.58. The van der Waals surface area contributed by atoms with Crippen molar-refractivity contribution in [3.8, 4) is 12.1 Å². The van der Waals surface area contributed by atoms with Gasteiger partial charge in [-0.25, -0.2) is 0 Å². The molecule has 2 heteroatoms. The molecule has 4 saturated carbocycles. The molecule has 0 aliphatic heterocycles. The fourth-order valence-corrected chi connectivity index (χ4v) is 5.36. The minimum Gasteiger partial charge on any atom is -0.198 e. The Kier molecular flexibility index (Phi) is 2.44. The van der Waals surface area contributed by atoms with E-state index in [9.17, 15) is 5.26 Å². The average Bonchev–Trinajstić information content (AvgIpc) is 2.27. The molecule has 0 N–H and O–H groups in total. The van der Waals surface area contributed by atoms with Crippen LogP contribution in [0.2, 0.25) is 0 Å². The van der Waals surface area contributed by atoms with Crippen molar-refractivity contribution in [3.05, 3.63) is 0 Å². The summed E-state index contributed by atoms with van der Waals surface area (Å²) in [6.07, 6.45) is 7.19. The summed E-state index contributed by atoms with van der Waals surface area (Å²) in [5.41, 5.74) is -0.392. The Bertz CT molecular complexity index is 372. The van der Waals surface area contributed by atoms with Crippen molar-refractivity contribution < 1.29 is 0 Å². The molecule has 4 aliphatic rings. The van der Waals surface area contributed by atoms with Crippen LogP contribution in [-0.2, 0) is 0 Å². The van der Waals surface area contributed by atoms with Crippen molar-refractivity contribution in [3.63, 3.8) is 0 Å². The van der Waals surface area contributed by atoms with E-state index in [2.05, 4.69) is 12.1 Å². The largest absolute Gasteiger partial charge is 0.198 e. The first-order valence-electron chi connectivity index (χ1n) is 6.94. The smallest absolute Gasteiger partial charge is 0.0709 e. The third-order valence-corrected chi connectivity index (χ3v) is 5.66. The molecule has 0 aromatic carbocycles. The van der Waals surface area contributed by atoms with Gasteiger partial charge in [0.1, 0.15) is 0 Å². The Balaban J connectivity index is 1.89. The summed E-state index contributed by atoms with van der Waals surface area (Å²) >= 11 is 0. The molecule has 90 valence electrons. The van der Waals surface area contributed by atoms with Gasteiger partial charge in [-0.1, -0.05) is 0 Å². The average molecular weight is 228 g/mol. The molecule has 1 atom stereocenters. The van der Waals surface area contributed by atoms with Gasteiger partial charge in [-0.3, -0.25) is 0 Å². The number of hydrogen-bond donors (Lipinski definition) is 0. The Morgan fingerprint density at radius 3 is 1.94 bits per heavy atom. The van der Waals surface area contributed by atoms with E-state index < -0.39 is 5.41 Å². The summed E-state index contributed by atoms with van der Waals surface area (Å²) in [4.78, 5) is 0. The highest BCUT2D eigenvalue weighted by Gasteiger charge is 2.54. The van der Waals surface area contributed by atoms with Gasteiger partial charge in [0.15, 0.2) is 0 Å². The first-order valence-corrected chi connectivity index (χ1v) is 6.94. The van der Waals surface area contributed by atoms with Crippen LogP contribution in [0, 0.1) is 57.7 Å². The molecule has 4 aliphatic carbocycles. The standard InChI is InChI=1S/C15H20N2/c1-15(9-17,2-3-16)14-12-5-10-4-11(7-12)8-13(14)6-10/h10-14H,2,4-8H2,1H3. The summed E-state index contributed by atoms with van der Waals surface area (Å²) in [6, 6.07) is 4.73. The Morgan fingerprint density at radius 1 is 1.00 bits per heavy atom. The second kappa shape index (κ2) is 3.74. The van der Waals surface area contributed by atoms with Crippen molar-refractivity contribution in [2.45, 2.75) is 45.4 Å². The van der Waals surface area contributed by atoms with Crippen molar-refractivity contribution in [1.82, 2.24) is 0 Å². The van der Waals surface area contributed by atoms with E-state index in [0.29, 0.717) is 12.3 Å². The molecule has 4 rings (SSSR count). The van der Waals surface area contributed by atoms with Crippen molar-refractivity contribution in [1.29, 1.82) is 10.5 Å². The highest BCUT2D eigenvalue weighted by atomic mass is 14.6. The van der Waals surface area contributed by atoms with Crippen LogP contribution >= 0.6 is 0 Å². The van der Waals surface area contributed by atoms with Gasteiger partial charge in [-0.05, 0) is 68.6 Å². The van der Waals surface area contributed by atoms with Gasteiger partial charge in [0.2, 0.25) is 0 Å². The molecule has 0 radical (unpaired) electrons. The van der Waals surface area contributed by atoms with E-state index in [0.717, 1.165) is 23.7 Å². The molecule has 4 fully saturated rings. The molecule has 0 spiro atoms. The Hall–Kier alpha value is -1.02. The second-order valence-electron chi connectivity index (χ2n) is 6.82.